The highest BCUT2D eigenvalue weighted by Crippen LogP contribution is 2.23. The van der Waals surface area contributed by atoms with Crippen LogP contribution in [-0.4, -0.2) is 29.3 Å². The minimum Gasteiger partial charge on any atom is -0.499 e. The van der Waals surface area contributed by atoms with E-state index in [1.165, 1.54) is 6.26 Å². The third-order valence-electron chi connectivity index (χ3n) is 2.55. The lowest BCUT2D eigenvalue weighted by Gasteiger charge is -2.27. The maximum absolute atomic E-state index is 11.2. The number of carboxylic acids is 1. The Kier molecular flexibility index (Phi) is 5.26. The molecule has 0 saturated heterocycles. The van der Waals surface area contributed by atoms with E-state index < -0.39 is 11.9 Å². The van der Waals surface area contributed by atoms with Gasteiger partial charge in [0.1, 0.15) is 6.10 Å². The normalized spacial score (nSPS) is 24.2. The van der Waals surface area contributed by atoms with Gasteiger partial charge in [-0.05, 0) is 25.7 Å². The fraction of sp³-hybridized carbons (Fsp3) is 0.500. The van der Waals surface area contributed by atoms with Crippen molar-refractivity contribution in [1.29, 1.82) is 0 Å². The van der Waals surface area contributed by atoms with Crippen LogP contribution in [0.25, 0.3) is 0 Å². The van der Waals surface area contributed by atoms with E-state index in [1.807, 2.05) is 0 Å². The Morgan fingerprint density at radius 1 is 1.12 bits per heavy atom. The van der Waals surface area contributed by atoms with Crippen molar-refractivity contribution < 1.29 is 24.2 Å². The Balaban J connectivity index is 2.28. The van der Waals surface area contributed by atoms with Crippen LogP contribution in [-0.2, 0) is 19.1 Å². The summed E-state index contributed by atoms with van der Waals surface area (Å²) in [7, 11) is 0. The largest absolute Gasteiger partial charge is 0.499 e. The molecule has 1 aliphatic rings. The molecule has 1 fully saturated rings. The maximum atomic E-state index is 11.2. The van der Waals surface area contributed by atoms with Crippen LogP contribution in [0.5, 0.6) is 0 Å². The van der Waals surface area contributed by atoms with Gasteiger partial charge < -0.3 is 14.6 Å². The Morgan fingerprint density at radius 3 is 2.24 bits per heavy atom. The van der Waals surface area contributed by atoms with Crippen molar-refractivity contribution in [3.63, 3.8) is 0 Å². The van der Waals surface area contributed by atoms with E-state index in [0.717, 1.165) is 37.8 Å². The van der Waals surface area contributed by atoms with Gasteiger partial charge in [-0.15, -0.1) is 0 Å². The minimum absolute atomic E-state index is 0.148. The number of esters is 1. The van der Waals surface area contributed by atoms with Crippen LogP contribution in [0.3, 0.4) is 0 Å². The van der Waals surface area contributed by atoms with Crippen molar-refractivity contribution >= 4 is 11.9 Å². The number of aliphatic carboxylic acids is 1. The zero-order chi connectivity index (χ0) is 12.7. The predicted molar refractivity (Wildman–Crippen MR) is 60.2 cm³/mol. The standard InChI is InChI=1S/C12H16O5/c1-2-16-9-3-5-10(6-4-9)17-12(15)8-7-11(13)14/h2,7-10H,1,3-6H2,(H,13,14)/b8-7+. The smallest absolute Gasteiger partial charge is 0.331 e. The summed E-state index contributed by atoms with van der Waals surface area (Å²) in [5.74, 6) is -1.77. The molecule has 94 valence electrons. The molecule has 0 atom stereocenters. The molecule has 5 heteroatoms. The summed E-state index contributed by atoms with van der Waals surface area (Å²) in [6.45, 7) is 3.49. The third-order valence-corrected chi connectivity index (χ3v) is 2.55. The molecule has 0 aromatic heterocycles. The van der Waals surface area contributed by atoms with Crippen molar-refractivity contribution in [2.75, 3.05) is 0 Å². The van der Waals surface area contributed by atoms with Crippen molar-refractivity contribution in [2.45, 2.75) is 37.9 Å². The Bertz CT molecular complexity index is 313. The summed E-state index contributed by atoms with van der Waals surface area (Å²) in [4.78, 5) is 21.4. The Labute approximate surface area is 99.7 Å². The van der Waals surface area contributed by atoms with Crippen LogP contribution in [0, 0.1) is 0 Å². The molecule has 0 bridgehead atoms. The first-order valence-corrected chi connectivity index (χ1v) is 5.50. The van der Waals surface area contributed by atoms with E-state index in [0.29, 0.717) is 0 Å². The lowest BCUT2D eigenvalue weighted by Crippen LogP contribution is -2.27. The molecule has 17 heavy (non-hydrogen) atoms. The first-order chi connectivity index (χ1) is 8.11. The molecule has 5 nitrogen and oxygen atoms in total. The first-order valence-electron chi connectivity index (χ1n) is 5.50. The second kappa shape index (κ2) is 6.73. The van der Waals surface area contributed by atoms with E-state index in [9.17, 15) is 9.59 Å². The van der Waals surface area contributed by atoms with Crippen LogP contribution in [0.2, 0.25) is 0 Å². The van der Waals surface area contributed by atoms with Gasteiger partial charge in [-0.1, -0.05) is 6.58 Å². The minimum atomic E-state index is -1.16. The molecular formula is C12H16O5. The summed E-state index contributed by atoms with van der Waals surface area (Å²) in [6, 6.07) is 0. The number of hydrogen-bond donors (Lipinski definition) is 1. The number of ether oxygens (including phenoxy) is 2. The van der Waals surface area contributed by atoms with Gasteiger partial charge in [0, 0.05) is 12.2 Å². The predicted octanol–water partition coefficient (Wildman–Crippen LogP) is 1.64. The third kappa shape index (κ3) is 5.19. The Hall–Kier alpha value is -1.78. The zero-order valence-corrected chi connectivity index (χ0v) is 9.50. The quantitative estimate of drug-likeness (QED) is 0.449. The average Bonchev–Trinajstić information content (AvgIpc) is 2.29. The van der Waals surface area contributed by atoms with Gasteiger partial charge in [0.15, 0.2) is 0 Å². The van der Waals surface area contributed by atoms with E-state index in [-0.39, 0.29) is 12.2 Å². The maximum Gasteiger partial charge on any atom is 0.331 e. The monoisotopic (exact) mass is 240 g/mol. The van der Waals surface area contributed by atoms with Gasteiger partial charge >= 0.3 is 11.9 Å². The van der Waals surface area contributed by atoms with Crippen LogP contribution in [0.4, 0.5) is 0 Å². The molecule has 1 rings (SSSR count). The van der Waals surface area contributed by atoms with Crippen molar-refractivity contribution in [1.82, 2.24) is 0 Å². The molecule has 0 heterocycles. The lowest BCUT2D eigenvalue weighted by molar-refractivity contribution is -0.146. The molecule has 1 aliphatic carbocycles. The highest BCUT2D eigenvalue weighted by Gasteiger charge is 2.23. The van der Waals surface area contributed by atoms with Crippen LogP contribution >= 0.6 is 0 Å². The molecule has 0 amide bonds. The summed E-state index contributed by atoms with van der Waals surface area (Å²) < 4.78 is 10.3. The van der Waals surface area contributed by atoms with E-state index in [2.05, 4.69) is 6.58 Å². The van der Waals surface area contributed by atoms with Crippen LogP contribution in [0.1, 0.15) is 25.7 Å². The van der Waals surface area contributed by atoms with E-state index in [4.69, 9.17) is 14.6 Å². The highest BCUT2D eigenvalue weighted by atomic mass is 16.5. The highest BCUT2D eigenvalue weighted by molar-refractivity contribution is 5.90. The van der Waals surface area contributed by atoms with E-state index >= 15 is 0 Å². The topological polar surface area (TPSA) is 72.8 Å². The summed E-state index contributed by atoms with van der Waals surface area (Å²) >= 11 is 0. The summed E-state index contributed by atoms with van der Waals surface area (Å²) in [6.07, 6.45) is 6.20. The van der Waals surface area contributed by atoms with Gasteiger partial charge in [0.2, 0.25) is 0 Å². The first kappa shape index (κ1) is 13.3. The second-order valence-corrected chi connectivity index (χ2v) is 3.81. The SMILES string of the molecule is C=COC1CCC(OC(=O)/C=C/C(=O)O)CC1. The van der Waals surface area contributed by atoms with Gasteiger partial charge in [-0.2, -0.15) is 0 Å². The molecular weight excluding hydrogens is 224 g/mol. The number of carboxylic acid groups (broad SMARTS) is 1. The van der Waals surface area contributed by atoms with Gasteiger partial charge in [-0.25, -0.2) is 9.59 Å². The molecule has 0 aromatic rings. The number of carbonyl (C=O) groups is 2. The van der Waals surface area contributed by atoms with Gasteiger partial charge in [0.25, 0.3) is 0 Å². The number of carbonyl (C=O) groups excluding carboxylic acids is 1. The summed E-state index contributed by atoms with van der Waals surface area (Å²) in [5.41, 5.74) is 0. The fourth-order valence-electron chi connectivity index (χ4n) is 1.77. The molecule has 0 aromatic carbocycles. The van der Waals surface area contributed by atoms with Crippen molar-refractivity contribution in [2.24, 2.45) is 0 Å². The molecule has 1 saturated carbocycles. The van der Waals surface area contributed by atoms with Crippen molar-refractivity contribution in [3.8, 4) is 0 Å². The fourth-order valence-corrected chi connectivity index (χ4v) is 1.77. The van der Waals surface area contributed by atoms with E-state index in [1.54, 1.807) is 0 Å². The average molecular weight is 240 g/mol. The molecule has 0 aliphatic heterocycles. The second-order valence-electron chi connectivity index (χ2n) is 3.81. The zero-order valence-electron chi connectivity index (χ0n) is 9.50. The summed E-state index contributed by atoms with van der Waals surface area (Å²) in [5, 5.41) is 8.34. The molecule has 1 N–H and O–H groups in total. The lowest BCUT2D eigenvalue weighted by atomic mass is 9.95. The van der Waals surface area contributed by atoms with Crippen LogP contribution in [0.15, 0.2) is 25.0 Å². The molecule has 0 radical (unpaired) electrons. The molecule has 0 spiro atoms. The van der Waals surface area contributed by atoms with Gasteiger partial charge in [-0.3, -0.25) is 0 Å². The number of rotatable bonds is 5. The molecule has 0 unspecified atom stereocenters. The number of hydrogen-bond acceptors (Lipinski definition) is 4. The van der Waals surface area contributed by atoms with Gasteiger partial charge in [0.05, 0.1) is 12.4 Å². The Morgan fingerprint density at radius 2 is 1.71 bits per heavy atom. The van der Waals surface area contributed by atoms with Crippen molar-refractivity contribution in [3.05, 3.63) is 25.0 Å². The van der Waals surface area contributed by atoms with Crippen LogP contribution < -0.4 is 0 Å².